The second kappa shape index (κ2) is 6.89. The molecule has 2 aliphatic rings. The average Bonchev–Trinajstić information content (AvgIpc) is 3.16. The topological polar surface area (TPSA) is 49.6 Å². The van der Waals surface area contributed by atoms with Crippen molar-refractivity contribution >= 4 is 11.6 Å². The molecule has 2 aromatic rings. The van der Waals surface area contributed by atoms with E-state index >= 15 is 0 Å². The highest BCUT2D eigenvalue weighted by molar-refractivity contribution is 5.82. The second-order valence-electron chi connectivity index (χ2n) is 7.08. The van der Waals surface area contributed by atoms with Gasteiger partial charge >= 0.3 is 0 Å². The van der Waals surface area contributed by atoms with Crippen molar-refractivity contribution in [3.8, 4) is 0 Å². The Morgan fingerprint density at radius 1 is 1.00 bits per heavy atom. The Labute approximate surface area is 149 Å². The zero-order chi connectivity index (χ0) is 17.2. The Bertz CT molecular complexity index is 750. The van der Waals surface area contributed by atoms with Gasteiger partial charge in [-0.15, -0.1) is 0 Å². The summed E-state index contributed by atoms with van der Waals surface area (Å²) in [6.07, 6.45) is 3.54. The monoisotopic (exact) mass is 335 g/mol. The summed E-state index contributed by atoms with van der Waals surface area (Å²) in [5, 5.41) is 0. The molecule has 4 heteroatoms. The van der Waals surface area contributed by atoms with Crippen LogP contribution in [0.3, 0.4) is 0 Å². The number of nitrogens with two attached hydrogens (primary N) is 1. The first kappa shape index (κ1) is 16.2. The SMILES string of the molecule is NC(=O)C1c2ccccc2CCN1Cc1ccc(N2CCCC2)cc1. The van der Waals surface area contributed by atoms with Gasteiger partial charge in [0.25, 0.3) is 0 Å². The first-order valence-corrected chi connectivity index (χ1v) is 9.17. The van der Waals surface area contributed by atoms with Crippen LogP contribution in [0.5, 0.6) is 0 Å². The number of fused-ring (bicyclic) bond motifs is 1. The van der Waals surface area contributed by atoms with E-state index in [2.05, 4.69) is 40.1 Å². The van der Waals surface area contributed by atoms with Gasteiger partial charge in [0.05, 0.1) is 0 Å². The molecule has 0 aromatic heterocycles. The van der Waals surface area contributed by atoms with Crippen molar-refractivity contribution in [2.75, 3.05) is 24.5 Å². The molecule has 1 fully saturated rings. The highest BCUT2D eigenvalue weighted by atomic mass is 16.1. The Morgan fingerprint density at radius 3 is 2.44 bits per heavy atom. The number of benzene rings is 2. The van der Waals surface area contributed by atoms with E-state index < -0.39 is 0 Å². The second-order valence-corrected chi connectivity index (χ2v) is 7.08. The van der Waals surface area contributed by atoms with Crippen LogP contribution in [-0.4, -0.2) is 30.4 Å². The number of rotatable bonds is 4. The standard InChI is InChI=1S/C21H25N3O/c22-21(25)20-19-6-2-1-5-17(19)11-14-24(20)15-16-7-9-18(10-8-16)23-12-3-4-13-23/h1-2,5-10,20H,3-4,11-15H2,(H2,22,25). The van der Waals surface area contributed by atoms with Crippen LogP contribution in [0.2, 0.25) is 0 Å². The van der Waals surface area contributed by atoms with Gasteiger partial charge in [-0.1, -0.05) is 36.4 Å². The molecule has 0 radical (unpaired) electrons. The molecule has 0 spiro atoms. The lowest BCUT2D eigenvalue weighted by Gasteiger charge is -2.35. The molecule has 1 amide bonds. The zero-order valence-electron chi connectivity index (χ0n) is 14.5. The number of carbonyl (C=O) groups is 1. The number of hydrogen-bond acceptors (Lipinski definition) is 3. The molecule has 2 aromatic carbocycles. The van der Waals surface area contributed by atoms with E-state index in [4.69, 9.17) is 5.73 Å². The van der Waals surface area contributed by atoms with Crippen molar-refractivity contribution in [1.29, 1.82) is 0 Å². The molecule has 4 nitrogen and oxygen atoms in total. The van der Waals surface area contributed by atoms with Gasteiger partial charge in [-0.05, 0) is 48.1 Å². The van der Waals surface area contributed by atoms with Crippen molar-refractivity contribution in [2.24, 2.45) is 5.73 Å². The van der Waals surface area contributed by atoms with Crippen molar-refractivity contribution in [1.82, 2.24) is 4.90 Å². The minimum absolute atomic E-state index is 0.263. The van der Waals surface area contributed by atoms with Crippen molar-refractivity contribution < 1.29 is 4.79 Å². The van der Waals surface area contributed by atoms with E-state index in [0.29, 0.717) is 0 Å². The van der Waals surface area contributed by atoms with Crippen molar-refractivity contribution in [3.63, 3.8) is 0 Å². The Kier molecular flexibility index (Phi) is 4.45. The smallest absolute Gasteiger partial charge is 0.239 e. The molecule has 25 heavy (non-hydrogen) atoms. The number of carbonyl (C=O) groups excluding carboxylic acids is 1. The Hall–Kier alpha value is -2.33. The molecule has 4 rings (SSSR count). The lowest BCUT2D eigenvalue weighted by Crippen LogP contribution is -2.42. The van der Waals surface area contributed by atoms with Gasteiger partial charge in [-0.2, -0.15) is 0 Å². The highest BCUT2D eigenvalue weighted by Crippen LogP contribution is 2.31. The summed E-state index contributed by atoms with van der Waals surface area (Å²) in [7, 11) is 0. The third-order valence-corrected chi connectivity index (χ3v) is 5.45. The predicted molar refractivity (Wildman–Crippen MR) is 100 cm³/mol. The normalized spacial score (nSPS) is 20.5. The van der Waals surface area contributed by atoms with Gasteiger partial charge < -0.3 is 10.6 Å². The van der Waals surface area contributed by atoms with Gasteiger partial charge in [-0.25, -0.2) is 0 Å². The maximum Gasteiger partial charge on any atom is 0.239 e. The fourth-order valence-corrected chi connectivity index (χ4v) is 4.14. The van der Waals surface area contributed by atoms with Crippen LogP contribution in [0.25, 0.3) is 0 Å². The van der Waals surface area contributed by atoms with E-state index in [-0.39, 0.29) is 11.9 Å². The largest absolute Gasteiger partial charge is 0.372 e. The summed E-state index contributed by atoms with van der Waals surface area (Å²) in [5.41, 5.74) is 10.6. The molecule has 0 bridgehead atoms. The molecule has 2 N–H and O–H groups in total. The van der Waals surface area contributed by atoms with E-state index in [1.54, 1.807) is 0 Å². The van der Waals surface area contributed by atoms with Gasteiger partial charge in [-0.3, -0.25) is 9.69 Å². The van der Waals surface area contributed by atoms with Crippen LogP contribution >= 0.6 is 0 Å². The molecule has 1 unspecified atom stereocenters. The fourth-order valence-electron chi connectivity index (χ4n) is 4.14. The highest BCUT2D eigenvalue weighted by Gasteiger charge is 2.31. The predicted octanol–water partition coefficient (Wildman–Crippen LogP) is 2.87. The van der Waals surface area contributed by atoms with Crippen LogP contribution in [0.15, 0.2) is 48.5 Å². The lowest BCUT2D eigenvalue weighted by molar-refractivity contribution is -0.124. The van der Waals surface area contributed by atoms with Crippen LogP contribution in [0.1, 0.15) is 35.6 Å². The van der Waals surface area contributed by atoms with Gasteiger partial charge in [0.15, 0.2) is 0 Å². The maximum absolute atomic E-state index is 12.1. The zero-order valence-corrected chi connectivity index (χ0v) is 14.5. The van der Waals surface area contributed by atoms with E-state index in [9.17, 15) is 4.79 Å². The van der Waals surface area contributed by atoms with Crippen LogP contribution in [0, 0.1) is 0 Å². The number of anilines is 1. The number of primary amides is 1. The molecule has 1 saturated heterocycles. The van der Waals surface area contributed by atoms with E-state index in [0.717, 1.165) is 38.2 Å². The summed E-state index contributed by atoms with van der Waals surface area (Å²) >= 11 is 0. The fraction of sp³-hybridized carbons (Fsp3) is 0.381. The quantitative estimate of drug-likeness (QED) is 0.935. The molecule has 0 saturated carbocycles. The molecular weight excluding hydrogens is 310 g/mol. The molecule has 1 atom stereocenters. The first-order valence-electron chi connectivity index (χ1n) is 9.17. The minimum Gasteiger partial charge on any atom is -0.372 e. The van der Waals surface area contributed by atoms with Gasteiger partial charge in [0.2, 0.25) is 5.91 Å². The van der Waals surface area contributed by atoms with Gasteiger partial charge in [0, 0.05) is 31.9 Å². The summed E-state index contributed by atoms with van der Waals surface area (Å²) in [4.78, 5) is 16.8. The third-order valence-electron chi connectivity index (χ3n) is 5.45. The van der Waals surface area contributed by atoms with Crippen molar-refractivity contribution in [3.05, 3.63) is 65.2 Å². The minimum atomic E-state index is -0.330. The molecule has 2 aliphatic heterocycles. The number of hydrogen-bond donors (Lipinski definition) is 1. The summed E-state index contributed by atoms with van der Waals surface area (Å²) in [6, 6.07) is 16.6. The van der Waals surface area contributed by atoms with E-state index in [1.807, 2.05) is 18.2 Å². The Morgan fingerprint density at radius 2 is 1.72 bits per heavy atom. The molecule has 0 aliphatic carbocycles. The number of amides is 1. The maximum atomic E-state index is 12.1. The Balaban J connectivity index is 1.52. The molecular formula is C21H25N3O. The van der Waals surface area contributed by atoms with Crippen molar-refractivity contribution in [2.45, 2.75) is 31.8 Å². The van der Waals surface area contributed by atoms with Crippen LogP contribution in [-0.2, 0) is 17.8 Å². The summed E-state index contributed by atoms with van der Waals surface area (Å²) in [6.45, 7) is 3.93. The third kappa shape index (κ3) is 3.27. The van der Waals surface area contributed by atoms with Crippen LogP contribution in [0.4, 0.5) is 5.69 Å². The van der Waals surface area contributed by atoms with Crippen LogP contribution < -0.4 is 10.6 Å². The summed E-state index contributed by atoms with van der Waals surface area (Å²) in [5.74, 6) is -0.263. The molecule has 130 valence electrons. The lowest BCUT2D eigenvalue weighted by atomic mass is 9.92. The van der Waals surface area contributed by atoms with Gasteiger partial charge in [0.1, 0.15) is 6.04 Å². The number of nitrogens with zero attached hydrogens (tertiary/aromatic N) is 2. The molecule has 2 heterocycles. The summed E-state index contributed by atoms with van der Waals surface area (Å²) < 4.78 is 0. The average molecular weight is 335 g/mol. The van der Waals surface area contributed by atoms with E-state index in [1.165, 1.54) is 29.7 Å². The first-order chi connectivity index (χ1) is 12.2.